The van der Waals surface area contributed by atoms with Crippen molar-refractivity contribution in [3.05, 3.63) is 29.8 Å². The van der Waals surface area contributed by atoms with Crippen LogP contribution in [0.2, 0.25) is 0 Å². The molecule has 1 aromatic rings. The van der Waals surface area contributed by atoms with Crippen LogP contribution in [0.25, 0.3) is 0 Å². The minimum absolute atomic E-state index is 0.716. The highest BCUT2D eigenvalue weighted by Crippen LogP contribution is 2.60. The summed E-state index contributed by atoms with van der Waals surface area (Å²) in [6, 6.07) is 9.26. The number of nitrogens with one attached hydrogen (secondary N) is 1. The lowest BCUT2D eigenvalue weighted by Crippen LogP contribution is -2.29. The third-order valence-corrected chi connectivity index (χ3v) is 5.80. The van der Waals surface area contributed by atoms with E-state index in [1.54, 1.807) is 0 Å². The van der Waals surface area contributed by atoms with Crippen LogP contribution in [0.4, 0.5) is 5.69 Å². The quantitative estimate of drug-likeness (QED) is 0.850. The van der Waals surface area contributed by atoms with Gasteiger partial charge in [-0.3, -0.25) is 0 Å². The zero-order chi connectivity index (χ0) is 14.1. The van der Waals surface area contributed by atoms with Gasteiger partial charge in [0.25, 0.3) is 0 Å². The summed E-state index contributed by atoms with van der Waals surface area (Å²) >= 11 is 0. The molecule has 2 saturated carbocycles. The smallest absolute Gasteiger partial charge is 0.0366 e. The minimum Gasteiger partial charge on any atom is -0.372 e. The van der Waals surface area contributed by atoms with Gasteiger partial charge < -0.3 is 10.2 Å². The van der Waals surface area contributed by atoms with Crippen molar-refractivity contribution in [2.24, 2.45) is 11.3 Å². The number of hydrogen-bond donors (Lipinski definition) is 1. The molecule has 0 atom stereocenters. The second kappa shape index (κ2) is 5.64. The highest BCUT2D eigenvalue weighted by Gasteiger charge is 2.53. The SMILES string of the molecule is c1cc(N2CCCCC2)ccc1CNCC1(C2CC2)CC1. The van der Waals surface area contributed by atoms with Crippen molar-refractivity contribution >= 4 is 5.69 Å². The van der Waals surface area contributed by atoms with Gasteiger partial charge in [-0.1, -0.05) is 12.1 Å². The Labute approximate surface area is 128 Å². The number of piperidine rings is 1. The lowest BCUT2D eigenvalue weighted by molar-refractivity contribution is 0.403. The van der Waals surface area contributed by atoms with Crippen LogP contribution in [0.3, 0.4) is 0 Å². The molecular formula is C19H28N2. The molecule has 0 bridgehead atoms. The van der Waals surface area contributed by atoms with E-state index in [9.17, 15) is 0 Å². The predicted octanol–water partition coefficient (Wildman–Crippen LogP) is 3.96. The van der Waals surface area contributed by atoms with Crippen LogP contribution in [0.15, 0.2) is 24.3 Å². The summed E-state index contributed by atoms with van der Waals surface area (Å²) in [5, 5.41) is 3.71. The molecule has 3 fully saturated rings. The van der Waals surface area contributed by atoms with E-state index in [2.05, 4.69) is 34.5 Å². The standard InChI is InChI=1S/C19H28N2/c1-2-12-21(13-3-1)18-8-4-16(5-9-18)14-20-15-19(10-11-19)17-6-7-17/h4-5,8-9,17,20H,1-3,6-7,10-15H2. The van der Waals surface area contributed by atoms with Crippen molar-refractivity contribution < 1.29 is 0 Å². The van der Waals surface area contributed by atoms with Crippen LogP contribution < -0.4 is 10.2 Å². The van der Waals surface area contributed by atoms with Gasteiger partial charge in [0.05, 0.1) is 0 Å². The summed E-state index contributed by atoms with van der Waals surface area (Å²) in [7, 11) is 0. The van der Waals surface area contributed by atoms with Gasteiger partial charge in [0, 0.05) is 31.9 Å². The molecule has 114 valence electrons. The molecule has 21 heavy (non-hydrogen) atoms. The van der Waals surface area contributed by atoms with Crippen LogP contribution in [-0.4, -0.2) is 19.6 Å². The Hall–Kier alpha value is -1.02. The van der Waals surface area contributed by atoms with Crippen molar-refractivity contribution in [1.82, 2.24) is 5.32 Å². The third-order valence-electron chi connectivity index (χ3n) is 5.80. The molecule has 1 heterocycles. The lowest BCUT2D eigenvalue weighted by Gasteiger charge is -2.28. The van der Waals surface area contributed by atoms with E-state index in [0.29, 0.717) is 5.41 Å². The second-order valence-electron chi connectivity index (χ2n) is 7.45. The van der Waals surface area contributed by atoms with Crippen molar-refractivity contribution in [2.45, 2.75) is 51.5 Å². The van der Waals surface area contributed by atoms with E-state index in [1.165, 1.54) is 75.8 Å². The molecule has 1 N–H and O–H groups in total. The number of benzene rings is 1. The molecule has 0 aromatic heterocycles. The maximum absolute atomic E-state index is 3.71. The fourth-order valence-corrected chi connectivity index (χ4v) is 4.02. The Bertz CT molecular complexity index is 465. The Morgan fingerprint density at radius 3 is 2.33 bits per heavy atom. The number of nitrogens with zero attached hydrogens (tertiary/aromatic N) is 1. The third kappa shape index (κ3) is 3.11. The summed E-state index contributed by atoms with van der Waals surface area (Å²) in [5.41, 5.74) is 3.56. The van der Waals surface area contributed by atoms with E-state index in [1.807, 2.05) is 0 Å². The second-order valence-corrected chi connectivity index (χ2v) is 7.45. The van der Waals surface area contributed by atoms with Gasteiger partial charge >= 0.3 is 0 Å². The van der Waals surface area contributed by atoms with Crippen LogP contribution in [0.1, 0.15) is 50.5 Å². The summed E-state index contributed by atoms with van der Waals surface area (Å²) in [6.07, 6.45) is 10.0. The topological polar surface area (TPSA) is 15.3 Å². The summed E-state index contributed by atoms with van der Waals surface area (Å²) in [4.78, 5) is 2.53. The lowest BCUT2D eigenvalue weighted by atomic mass is 10.0. The molecule has 0 radical (unpaired) electrons. The first-order valence-corrected chi connectivity index (χ1v) is 8.90. The first kappa shape index (κ1) is 13.6. The van der Waals surface area contributed by atoms with E-state index >= 15 is 0 Å². The van der Waals surface area contributed by atoms with Gasteiger partial charge in [0.1, 0.15) is 0 Å². The summed E-state index contributed by atoms with van der Waals surface area (Å²) < 4.78 is 0. The average Bonchev–Trinajstić information content (AvgIpc) is 3.42. The average molecular weight is 284 g/mol. The normalized spacial score (nSPS) is 24.1. The molecule has 0 amide bonds. The van der Waals surface area contributed by atoms with E-state index in [4.69, 9.17) is 0 Å². The van der Waals surface area contributed by atoms with Gasteiger partial charge in [-0.15, -0.1) is 0 Å². The summed E-state index contributed by atoms with van der Waals surface area (Å²) in [6.45, 7) is 4.75. The number of anilines is 1. The monoisotopic (exact) mass is 284 g/mol. The molecule has 0 unspecified atom stereocenters. The molecule has 0 spiro atoms. The van der Waals surface area contributed by atoms with Crippen LogP contribution in [-0.2, 0) is 6.54 Å². The van der Waals surface area contributed by atoms with Crippen molar-refractivity contribution in [1.29, 1.82) is 0 Å². The highest BCUT2D eigenvalue weighted by molar-refractivity contribution is 5.47. The first-order chi connectivity index (χ1) is 10.4. The number of hydrogen-bond acceptors (Lipinski definition) is 2. The molecule has 2 heteroatoms. The number of rotatable bonds is 6. The van der Waals surface area contributed by atoms with Gasteiger partial charge in [-0.25, -0.2) is 0 Å². The fraction of sp³-hybridized carbons (Fsp3) is 0.684. The van der Waals surface area contributed by atoms with E-state index in [0.717, 1.165) is 12.5 Å². The largest absolute Gasteiger partial charge is 0.372 e. The molecule has 1 aromatic carbocycles. The maximum atomic E-state index is 3.71. The van der Waals surface area contributed by atoms with Gasteiger partial charge in [0.15, 0.2) is 0 Å². The molecular weight excluding hydrogens is 256 g/mol. The van der Waals surface area contributed by atoms with Crippen LogP contribution in [0.5, 0.6) is 0 Å². The Morgan fingerprint density at radius 1 is 1.00 bits per heavy atom. The minimum atomic E-state index is 0.716. The van der Waals surface area contributed by atoms with Gasteiger partial charge in [-0.05, 0) is 74.0 Å². The highest BCUT2D eigenvalue weighted by atomic mass is 15.1. The van der Waals surface area contributed by atoms with E-state index < -0.39 is 0 Å². The molecule has 1 saturated heterocycles. The first-order valence-electron chi connectivity index (χ1n) is 8.90. The molecule has 3 aliphatic rings. The zero-order valence-electron chi connectivity index (χ0n) is 13.1. The van der Waals surface area contributed by atoms with Crippen molar-refractivity contribution in [3.63, 3.8) is 0 Å². The zero-order valence-corrected chi connectivity index (χ0v) is 13.1. The molecule has 2 nitrogen and oxygen atoms in total. The fourth-order valence-electron chi connectivity index (χ4n) is 4.02. The Kier molecular flexibility index (Phi) is 3.66. The van der Waals surface area contributed by atoms with Crippen molar-refractivity contribution in [2.75, 3.05) is 24.5 Å². The Morgan fingerprint density at radius 2 is 1.71 bits per heavy atom. The van der Waals surface area contributed by atoms with Crippen LogP contribution in [0, 0.1) is 11.3 Å². The molecule has 4 rings (SSSR count). The maximum Gasteiger partial charge on any atom is 0.0366 e. The van der Waals surface area contributed by atoms with E-state index in [-0.39, 0.29) is 0 Å². The molecule has 1 aliphatic heterocycles. The van der Waals surface area contributed by atoms with Crippen LogP contribution >= 0.6 is 0 Å². The van der Waals surface area contributed by atoms with Crippen molar-refractivity contribution in [3.8, 4) is 0 Å². The predicted molar refractivity (Wildman–Crippen MR) is 88.6 cm³/mol. The summed E-state index contributed by atoms with van der Waals surface area (Å²) in [5.74, 6) is 1.06. The van der Waals surface area contributed by atoms with Gasteiger partial charge in [0.2, 0.25) is 0 Å². The van der Waals surface area contributed by atoms with Gasteiger partial charge in [-0.2, -0.15) is 0 Å². The Balaban J connectivity index is 1.27. The molecule has 2 aliphatic carbocycles.